The van der Waals surface area contributed by atoms with E-state index in [1.165, 1.54) is 186 Å². The van der Waals surface area contributed by atoms with Crippen LogP contribution in [0.25, 0.3) is 0 Å². The zero-order valence-electron chi connectivity index (χ0n) is 39.5. The lowest BCUT2D eigenvalue weighted by atomic mass is 10.0. The highest BCUT2D eigenvalue weighted by atomic mass is 16.6. The van der Waals surface area contributed by atoms with Crippen LogP contribution < -0.4 is 0 Å². The van der Waals surface area contributed by atoms with Crippen LogP contribution in [0.2, 0.25) is 0 Å². The minimum Gasteiger partial charge on any atom is -0.462 e. The third-order valence-corrected chi connectivity index (χ3v) is 11.8. The number of carbonyl (C=O) groups excluding carboxylic acids is 3. The van der Waals surface area contributed by atoms with Gasteiger partial charge in [-0.05, 0) is 25.2 Å². The van der Waals surface area contributed by atoms with Crippen LogP contribution >= 0.6 is 0 Å². The molecule has 0 aliphatic carbocycles. The van der Waals surface area contributed by atoms with Crippen molar-refractivity contribution in [2.45, 2.75) is 297 Å². The van der Waals surface area contributed by atoms with Gasteiger partial charge in [0.15, 0.2) is 6.10 Å². The van der Waals surface area contributed by atoms with Crippen LogP contribution in [-0.4, -0.2) is 37.2 Å². The summed E-state index contributed by atoms with van der Waals surface area (Å²) in [6, 6.07) is 0. The van der Waals surface area contributed by atoms with Crippen LogP contribution in [0.4, 0.5) is 0 Å². The highest BCUT2D eigenvalue weighted by Gasteiger charge is 2.19. The molecule has 0 saturated carbocycles. The average molecular weight is 821 g/mol. The Balaban J connectivity index is 4.28. The van der Waals surface area contributed by atoms with E-state index < -0.39 is 6.10 Å². The normalized spacial score (nSPS) is 11.9. The Morgan fingerprint density at radius 3 is 0.845 bits per heavy atom. The van der Waals surface area contributed by atoms with E-state index in [2.05, 4.69) is 27.7 Å². The molecule has 0 fully saturated rings. The quantitative estimate of drug-likeness (QED) is 0.0346. The molecule has 0 heterocycles. The van der Waals surface area contributed by atoms with E-state index in [0.717, 1.165) is 63.7 Å². The molecule has 0 radical (unpaired) electrons. The number of carbonyl (C=O) groups is 3. The zero-order chi connectivity index (χ0) is 42.4. The number of hydrogen-bond acceptors (Lipinski definition) is 6. The van der Waals surface area contributed by atoms with E-state index in [-0.39, 0.29) is 31.1 Å². The monoisotopic (exact) mass is 821 g/mol. The second-order valence-electron chi connectivity index (χ2n) is 18.3. The maximum atomic E-state index is 12.8. The first kappa shape index (κ1) is 56.4. The second-order valence-corrected chi connectivity index (χ2v) is 18.3. The lowest BCUT2D eigenvalue weighted by molar-refractivity contribution is -0.167. The summed E-state index contributed by atoms with van der Waals surface area (Å²) >= 11 is 0. The molecule has 0 rings (SSSR count). The van der Waals surface area contributed by atoms with Gasteiger partial charge in [-0.1, -0.05) is 252 Å². The van der Waals surface area contributed by atoms with Crippen LogP contribution in [0, 0.1) is 5.92 Å². The van der Waals surface area contributed by atoms with Crippen LogP contribution in [0.15, 0.2) is 0 Å². The Hall–Kier alpha value is -1.59. The largest absolute Gasteiger partial charge is 0.462 e. The van der Waals surface area contributed by atoms with Crippen molar-refractivity contribution in [3.8, 4) is 0 Å². The molecule has 0 spiro atoms. The predicted molar refractivity (Wildman–Crippen MR) is 247 cm³/mol. The molecule has 0 aromatic heterocycles. The molecule has 344 valence electrons. The van der Waals surface area contributed by atoms with Gasteiger partial charge in [0.2, 0.25) is 0 Å². The molecular weight excluding hydrogens is 721 g/mol. The first-order chi connectivity index (χ1) is 28.4. The molecule has 0 aliphatic heterocycles. The van der Waals surface area contributed by atoms with Crippen LogP contribution in [0.1, 0.15) is 291 Å². The zero-order valence-corrected chi connectivity index (χ0v) is 39.5. The lowest BCUT2D eigenvalue weighted by Gasteiger charge is -2.18. The first-order valence-electron chi connectivity index (χ1n) is 25.9. The summed E-state index contributed by atoms with van der Waals surface area (Å²) in [5.74, 6) is -0.0210. The van der Waals surface area contributed by atoms with E-state index in [4.69, 9.17) is 14.2 Å². The Kier molecular flexibility index (Phi) is 45.2. The Morgan fingerprint density at radius 1 is 0.328 bits per heavy atom. The maximum absolute atomic E-state index is 12.8. The van der Waals surface area contributed by atoms with Gasteiger partial charge in [0.1, 0.15) is 13.2 Å². The highest BCUT2D eigenvalue weighted by Crippen LogP contribution is 2.17. The van der Waals surface area contributed by atoms with Crippen molar-refractivity contribution in [2.24, 2.45) is 5.92 Å². The van der Waals surface area contributed by atoms with Crippen LogP contribution in [0.5, 0.6) is 0 Å². The van der Waals surface area contributed by atoms with Gasteiger partial charge in [-0.25, -0.2) is 0 Å². The topological polar surface area (TPSA) is 78.9 Å². The third-order valence-electron chi connectivity index (χ3n) is 11.8. The van der Waals surface area contributed by atoms with Crippen molar-refractivity contribution in [1.82, 2.24) is 0 Å². The van der Waals surface area contributed by atoms with Crippen LogP contribution in [0.3, 0.4) is 0 Å². The summed E-state index contributed by atoms with van der Waals surface area (Å²) in [6.45, 7) is 9.01. The summed E-state index contributed by atoms with van der Waals surface area (Å²) in [5, 5.41) is 0. The molecule has 0 aromatic rings. The van der Waals surface area contributed by atoms with Gasteiger partial charge in [-0.2, -0.15) is 0 Å². The fraction of sp³-hybridized carbons (Fsp3) is 0.942. The third kappa shape index (κ3) is 45.5. The molecule has 6 heteroatoms. The standard InChI is InChI=1S/C52H100O6/c1-5-7-9-11-13-15-17-18-19-20-21-24-28-32-36-40-44-51(54)57-47-49(46-56-50(53)43-39-35-31-27-16-14-12-10-8-6-2)58-52(55)45-41-37-33-29-25-22-23-26-30-34-38-42-48(3)4/h48-49H,5-47H2,1-4H3/t49-/m0/s1. The highest BCUT2D eigenvalue weighted by molar-refractivity contribution is 5.71. The molecular formula is C52H100O6. The fourth-order valence-corrected chi connectivity index (χ4v) is 7.86. The lowest BCUT2D eigenvalue weighted by Crippen LogP contribution is -2.30. The summed E-state index contributed by atoms with van der Waals surface area (Å²) in [7, 11) is 0. The van der Waals surface area contributed by atoms with Crippen molar-refractivity contribution in [3.05, 3.63) is 0 Å². The number of hydrogen-bond donors (Lipinski definition) is 0. The van der Waals surface area contributed by atoms with Crippen molar-refractivity contribution in [1.29, 1.82) is 0 Å². The number of ether oxygens (including phenoxy) is 3. The number of esters is 3. The van der Waals surface area contributed by atoms with E-state index in [1.807, 2.05) is 0 Å². The van der Waals surface area contributed by atoms with Crippen molar-refractivity contribution >= 4 is 17.9 Å². The molecule has 0 bridgehead atoms. The van der Waals surface area contributed by atoms with Gasteiger partial charge in [0.25, 0.3) is 0 Å². The van der Waals surface area contributed by atoms with Crippen molar-refractivity contribution in [2.75, 3.05) is 13.2 Å². The molecule has 6 nitrogen and oxygen atoms in total. The molecule has 0 unspecified atom stereocenters. The van der Waals surface area contributed by atoms with Gasteiger partial charge >= 0.3 is 17.9 Å². The molecule has 1 atom stereocenters. The minimum atomic E-state index is -0.760. The van der Waals surface area contributed by atoms with Gasteiger partial charge in [-0.3, -0.25) is 14.4 Å². The van der Waals surface area contributed by atoms with Gasteiger partial charge in [-0.15, -0.1) is 0 Å². The fourth-order valence-electron chi connectivity index (χ4n) is 7.86. The number of rotatable bonds is 47. The summed E-state index contributed by atoms with van der Waals surface area (Å²) in [4.78, 5) is 37.9. The van der Waals surface area contributed by atoms with Crippen molar-refractivity contribution in [3.63, 3.8) is 0 Å². The molecule has 0 aliphatic rings. The minimum absolute atomic E-state index is 0.0628. The van der Waals surface area contributed by atoms with Gasteiger partial charge in [0, 0.05) is 19.3 Å². The Labute approximate surface area is 361 Å². The summed E-state index contributed by atoms with van der Waals surface area (Å²) in [5.41, 5.74) is 0. The molecule has 0 amide bonds. The predicted octanol–water partition coefficient (Wildman–Crippen LogP) is 16.7. The van der Waals surface area contributed by atoms with Gasteiger partial charge in [0.05, 0.1) is 0 Å². The first-order valence-corrected chi connectivity index (χ1v) is 25.9. The molecule has 0 N–H and O–H groups in total. The Bertz CT molecular complexity index is 872. The van der Waals surface area contributed by atoms with Gasteiger partial charge < -0.3 is 14.2 Å². The average Bonchev–Trinajstić information content (AvgIpc) is 3.21. The van der Waals surface area contributed by atoms with E-state index in [9.17, 15) is 14.4 Å². The van der Waals surface area contributed by atoms with Crippen LogP contribution in [-0.2, 0) is 28.6 Å². The molecule has 0 aromatic carbocycles. The van der Waals surface area contributed by atoms with E-state index in [1.54, 1.807) is 0 Å². The second kappa shape index (κ2) is 46.5. The maximum Gasteiger partial charge on any atom is 0.306 e. The molecule has 58 heavy (non-hydrogen) atoms. The van der Waals surface area contributed by atoms with E-state index in [0.29, 0.717) is 19.3 Å². The number of unbranched alkanes of at least 4 members (excludes halogenated alkanes) is 34. The Morgan fingerprint density at radius 2 is 0.569 bits per heavy atom. The van der Waals surface area contributed by atoms with Crippen molar-refractivity contribution < 1.29 is 28.6 Å². The SMILES string of the molecule is CCCCCCCCCCCCCCCCCCC(=O)OC[C@H](COC(=O)CCCCCCCCCCCC)OC(=O)CCCCCCCCCCCCCC(C)C. The smallest absolute Gasteiger partial charge is 0.306 e. The summed E-state index contributed by atoms with van der Waals surface area (Å²) in [6.07, 6.45) is 48.0. The summed E-state index contributed by atoms with van der Waals surface area (Å²) < 4.78 is 16.8. The molecule has 0 saturated heterocycles. The van der Waals surface area contributed by atoms with E-state index >= 15 is 0 Å².